The van der Waals surface area contributed by atoms with E-state index in [1.54, 1.807) is 0 Å². The lowest BCUT2D eigenvalue weighted by Gasteiger charge is -2.34. The molecule has 0 unspecified atom stereocenters. The van der Waals surface area contributed by atoms with E-state index >= 15 is 0 Å². The highest BCUT2D eigenvalue weighted by Crippen LogP contribution is 2.59. The monoisotopic (exact) mass is 692 g/mol. The lowest BCUT2D eigenvalue weighted by atomic mass is 9.67. The standard InChI is InChI=1S/C49H32.C3H8.C2H4/c1-3-17-40(18-4-1)49(41-19-5-2-6-20-41)46-31-38(37-25-23-33-13-7-9-15-35(33)29-37)27-28-44(46)48-43-22-12-11-21-42(43)45(32-47(48)49)39-26-24-34-14-8-10-16-36(34)30-39;1-3-2;1-2/h1-32H;3H2,1-2H3;1-2H2. The van der Waals surface area contributed by atoms with E-state index in [2.05, 4.69) is 221 Å². The van der Waals surface area contributed by atoms with E-state index < -0.39 is 5.41 Å². The number of rotatable bonds is 4. The van der Waals surface area contributed by atoms with Crippen LogP contribution in [0.4, 0.5) is 0 Å². The molecule has 0 saturated carbocycles. The Morgan fingerprint density at radius 2 is 0.815 bits per heavy atom. The molecular formula is C54H44. The SMILES string of the molecule is C=C.CCC.c1ccc(C2(c3ccccc3)c3cc(-c4ccc5ccccc5c4)ccc3-c3c2cc(-c2ccc4ccccc4c2)c2ccccc32)cc1. The minimum absolute atomic E-state index is 0.518. The van der Waals surface area contributed by atoms with Gasteiger partial charge in [-0.05, 0) is 112 Å². The molecule has 1 aliphatic rings. The topological polar surface area (TPSA) is 0 Å². The lowest BCUT2D eigenvalue weighted by Crippen LogP contribution is -2.28. The fourth-order valence-corrected chi connectivity index (χ4v) is 8.49. The van der Waals surface area contributed by atoms with E-state index in [0.29, 0.717) is 0 Å². The van der Waals surface area contributed by atoms with Gasteiger partial charge in [0.25, 0.3) is 0 Å². The molecule has 0 aromatic heterocycles. The normalized spacial score (nSPS) is 12.3. The minimum atomic E-state index is -0.518. The van der Waals surface area contributed by atoms with Gasteiger partial charge in [0, 0.05) is 0 Å². The number of hydrogen-bond acceptors (Lipinski definition) is 0. The van der Waals surface area contributed by atoms with Crippen LogP contribution in [0.1, 0.15) is 42.5 Å². The van der Waals surface area contributed by atoms with E-state index in [-0.39, 0.29) is 0 Å². The van der Waals surface area contributed by atoms with Crippen molar-refractivity contribution in [2.24, 2.45) is 0 Å². The Hall–Kier alpha value is -6.50. The molecule has 0 bridgehead atoms. The molecule has 0 heterocycles. The lowest BCUT2D eigenvalue weighted by molar-refractivity contribution is 0.769. The van der Waals surface area contributed by atoms with Gasteiger partial charge in [0.05, 0.1) is 5.41 Å². The second-order valence-electron chi connectivity index (χ2n) is 14.0. The summed E-state index contributed by atoms with van der Waals surface area (Å²) in [6.07, 6.45) is 1.25. The summed E-state index contributed by atoms with van der Waals surface area (Å²) in [7, 11) is 0. The zero-order valence-electron chi connectivity index (χ0n) is 31.1. The van der Waals surface area contributed by atoms with Crippen molar-refractivity contribution in [2.45, 2.75) is 25.7 Å². The van der Waals surface area contributed by atoms with Crippen LogP contribution in [0.5, 0.6) is 0 Å². The Labute approximate surface area is 319 Å². The van der Waals surface area contributed by atoms with Gasteiger partial charge in [0.15, 0.2) is 0 Å². The zero-order valence-corrected chi connectivity index (χ0v) is 31.1. The Bertz CT molecular complexity index is 2700. The fourth-order valence-electron chi connectivity index (χ4n) is 8.49. The molecule has 54 heavy (non-hydrogen) atoms. The first-order chi connectivity index (χ1) is 26.7. The maximum Gasteiger partial charge on any atom is 0.0714 e. The number of hydrogen-bond donors (Lipinski definition) is 0. The van der Waals surface area contributed by atoms with Crippen LogP contribution in [0.25, 0.3) is 65.7 Å². The van der Waals surface area contributed by atoms with Crippen LogP contribution in [0.2, 0.25) is 0 Å². The first-order valence-corrected chi connectivity index (χ1v) is 19.0. The molecule has 0 amide bonds. The summed E-state index contributed by atoms with van der Waals surface area (Å²) in [6.45, 7) is 10.2. The van der Waals surface area contributed by atoms with E-state index in [1.165, 1.54) is 94.4 Å². The van der Waals surface area contributed by atoms with Gasteiger partial charge in [0.2, 0.25) is 0 Å². The van der Waals surface area contributed by atoms with Gasteiger partial charge in [-0.25, -0.2) is 0 Å². The molecule has 0 N–H and O–H groups in total. The van der Waals surface area contributed by atoms with Crippen LogP contribution in [-0.4, -0.2) is 0 Å². The quantitative estimate of drug-likeness (QED) is 0.161. The molecule has 1 aliphatic carbocycles. The van der Waals surface area contributed by atoms with E-state index in [9.17, 15) is 0 Å². The summed E-state index contributed by atoms with van der Waals surface area (Å²) < 4.78 is 0. The van der Waals surface area contributed by atoms with Crippen LogP contribution in [-0.2, 0) is 5.41 Å². The predicted octanol–water partition coefficient (Wildman–Crippen LogP) is 15.1. The summed E-state index contributed by atoms with van der Waals surface area (Å²) in [5, 5.41) is 7.59. The third kappa shape index (κ3) is 5.72. The van der Waals surface area contributed by atoms with E-state index in [4.69, 9.17) is 0 Å². The van der Waals surface area contributed by atoms with E-state index in [0.717, 1.165) is 0 Å². The molecule has 260 valence electrons. The van der Waals surface area contributed by atoms with Crippen molar-refractivity contribution in [2.75, 3.05) is 0 Å². The largest absolute Gasteiger partial charge is 0.106 e. The minimum Gasteiger partial charge on any atom is -0.106 e. The molecule has 0 nitrogen and oxygen atoms in total. The smallest absolute Gasteiger partial charge is 0.0714 e. The molecule has 0 fully saturated rings. The van der Waals surface area contributed by atoms with Gasteiger partial charge >= 0.3 is 0 Å². The molecule has 9 aromatic carbocycles. The molecule has 0 atom stereocenters. The van der Waals surface area contributed by atoms with Crippen LogP contribution in [0.3, 0.4) is 0 Å². The Kier molecular flexibility index (Phi) is 9.51. The second kappa shape index (κ2) is 14.9. The Morgan fingerprint density at radius 1 is 0.370 bits per heavy atom. The average molecular weight is 693 g/mol. The Morgan fingerprint density at radius 3 is 1.41 bits per heavy atom. The molecule has 0 saturated heterocycles. The van der Waals surface area contributed by atoms with Crippen molar-refractivity contribution in [1.29, 1.82) is 0 Å². The van der Waals surface area contributed by atoms with Crippen molar-refractivity contribution >= 4 is 32.3 Å². The zero-order chi connectivity index (χ0) is 37.1. The maximum absolute atomic E-state index is 3.00. The summed E-state index contributed by atoms with van der Waals surface area (Å²) in [5.74, 6) is 0. The fraction of sp³-hybridized carbons (Fsp3) is 0.0741. The van der Waals surface area contributed by atoms with Gasteiger partial charge in [-0.2, -0.15) is 0 Å². The van der Waals surface area contributed by atoms with E-state index in [1.807, 2.05) is 0 Å². The first-order valence-electron chi connectivity index (χ1n) is 19.0. The summed E-state index contributed by atoms with van der Waals surface area (Å²) >= 11 is 0. The van der Waals surface area contributed by atoms with Crippen molar-refractivity contribution < 1.29 is 0 Å². The van der Waals surface area contributed by atoms with Crippen LogP contribution in [0, 0.1) is 0 Å². The molecule has 0 heteroatoms. The number of fused-ring (bicyclic) bond motifs is 7. The third-order valence-electron chi connectivity index (χ3n) is 10.7. The van der Waals surface area contributed by atoms with Gasteiger partial charge in [0.1, 0.15) is 0 Å². The van der Waals surface area contributed by atoms with Crippen molar-refractivity contribution in [1.82, 2.24) is 0 Å². The molecule has 0 aliphatic heterocycles. The van der Waals surface area contributed by atoms with Crippen molar-refractivity contribution in [3.8, 4) is 33.4 Å². The summed E-state index contributed by atoms with van der Waals surface area (Å²) in [4.78, 5) is 0. The van der Waals surface area contributed by atoms with Crippen molar-refractivity contribution in [3.63, 3.8) is 0 Å². The van der Waals surface area contributed by atoms with Gasteiger partial charge < -0.3 is 0 Å². The summed E-state index contributed by atoms with van der Waals surface area (Å²) in [5.41, 5.74) is 12.3. The van der Waals surface area contributed by atoms with Gasteiger partial charge in [-0.3, -0.25) is 0 Å². The molecule has 9 aromatic rings. The predicted molar refractivity (Wildman–Crippen MR) is 234 cm³/mol. The molecule has 0 spiro atoms. The first kappa shape index (κ1) is 34.6. The van der Waals surface area contributed by atoms with Crippen LogP contribution >= 0.6 is 0 Å². The maximum atomic E-state index is 3.00. The van der Waals surface area contributed by atoms with Gasteiger partial charge in [-0.1, -0.05) is 190 Å². The molecule has 0 radical (unpaired) electrons. The average Bonchev–Trinajstić information content (AvgIpc) is 3.55. The summed E-state index contributed by atoms with van der Waals surface area (Å²) in [6, 6.07) is 72.1. The molecule has 10 rings (SSSR count). The highest BCUT2D eigenvalue weighted by molar-refractivity contribution is 6.11. The second-order valence-corrected chi connectivity index (χ2v) is 14.0. The highest BCUT2D eigenvalue weighted by Gasteiger charge is 2.47. The van der Waals surface area contributed by atoms with Crippen LogP contribution < -0.4 is 0 Å². The third-order valence-corrected chi connectivity index (χ3v) is 10.7. The Balaban J connectivity index is 0.000000790. The number of benzene rings is 9. The highest BCUT2D eigenvalue weighted by atomic mass is 14.5. The van der Waals surface area contributed by atoms with Crippen molar-refractivity contribution in [3.05, 3.63) is 230 Å². The van der Waals surface area contributed by atoms with Gasteiger partial charge in [-0.15, -0.1) is 13.2 Å². The molecular weight excluding hydrogens is 649 g/mol. The van der Waals surface area contributed by atoms with Crippen LogP contribution in [0.15, 0.2) is 207 Å².